The molecule has 2 aromatic heterocycles. The molecule has 17 heavy (non-hydrogen) atoms. The minimum atomic E-state index is -0.537. The summed E-state index contributed by atoms with van der Waals surface area (Å²) in [6.07, 6.45) is 2.93. The number of nitrogens with one attached hydrogen (secondary N) is 1. The van der Waals surface area contributed by atoms with E-state index in [1.807, 2.05) is 0 Å². The third kappa shape index (κ3) is 3.07. The first-order valence-electron chi connectivity index (χ1n) is 5.05. The highest BCUT2D eigenvalue weighted by Crippen LogP contribution is 1.99. The number of hydrogen-bond donors (Lipinski definition) is 1. The van der Waals surface area contributed by atoms with E-state index in [9.17, 15) is 9.18 Å². The topological polar surface area (TPSA) is 54.9 Å². The Morgan fingerprint density at radius 2 is 2.12 bits per heavy atom. The maximum Gasteiger partial charge on any atom is 0.270 e. The number of nitrogens with zero attached hydrogens (tertiary/aromatic N) is 2. The van der Waals surface area contributed by atoms with E-state index in [0.717, 1.165) is 5.56 Å². The molecule has 0 radical (unpaired) electrons. The van der Waals surface area contributed by atoms with Gasteiger partial charge < -0.3 is 5.32 Å². The van der Waals surface area contributed by atoms with Crippen LogP contribution in [0.3, 0.4) is 0 Å². The van der Waals surface area contributed by atoms with E-state index in [1.165, 1.54) is 12.3 Å². The maximum absolute atomic E-state index is 12.5. The van der Waals surface area contributed by atoms with E-state index in [-0.39, 0.29) is 5.91 Å². The fourth-order valence-corrected chi connectivity index (χ4v) is 1.28. The van der Waals surface area contributed by atoms with Gasteiger partial charge in [-0.05, 0) is 23.8 Å². The van der Waals surface area contributed by atoms with Crippen molar-refractivity contribution in [2.75, 3.05) is 0 Å². The highest BCUT2D eigenvalue weighted by atomic mass is 19.1. The molecule has 0 spiro atoms. The number of hydrogen-bond acceptors (Lipinski definition) is 3. The molecule has 0 aromatic carbocycles. The summed E-state index contributed by atoms with van der Waals surface area (Å²) in [6.45, 7) is 0.294. The van der Waals surface area contributed by atoms with Gasteiger partial charge in [-0.15, -0.1) is 0 Å². The van der Waals surface area contributed by atoms with E-state index in [4.69, 9.17) is 0 Å². The molecule has 0 aliphatic rings. The Labute approximate surface area is 97.5 Å². The van der Waals surface area contributed by atoms with Crippen LogP contribution in [0.15, 0.2) is 42.7 Å². The summed E-state index contributed by atoms with van der Waals surface area (Å²) in [6, 6.07) is 7.92. The van der Waals surface area contributed by atoms with E-state index in [1.54, 1.807) is 30.5 Å². The van der Waals surface area contributed by atoms with Crippen LogP contribution in [0.5, 0.6) is 0 Å². The molecule has 0 saturated heterocycles. The van der Waals surface area contributed by atoms with Gasteiger partial charge in [0.1, 0.15) is 5.69 Å². The Bertz CT molecular complexity index is 499. The van der Waals surface area contributed by atoms with Crippen molar-refractivity contribution < 1.29 is 9.18 Å². The smallest absolute Gasteiger partial charge is 0.270 e. The first-order valence-corrected chi connectivity index (χ1v) is 5.05. The molecule has 2 rings (SSSR count). The zero-order valence-electron chi connectivity index (χ0n) is 8.93. The van der Waals surface area contributed by atoms with E-state index in [0.29, 0.717) is 12.2 Å². The molecule has 0 saturated carbocycles. The zero-order valence-corrected chi connectivity index (χ0v) is 8.93. The summed E-state index contributed by atoms with van der Waals surface area (Å²) in [5, 5.41) is 2.67. The Morgan fingerprint density at radius 3 is 2.76 bits per heavy atom. The zero-order chi connectivity index (χ0) is 12.1. The quantitative estimate of drug-likeness (QED) is 0.815. The second kappa shape index (κ2) is 5.16. The minimum absolute atomic E-state index is 0.269. The van der Waals surface area contributed by atoms with Crippen LogP contribution in [0.2, 0.25) is 0 Å². The summed E-state index contributed by atoms with van der Waals surface area (Å²) in [7, 11) is 0. The Balaban J connectivity index is 1.95. The van der Waals surface area contributed by atoms with Crippen LogP contribution in [-0.2, 0) is 6.54 Å². The number of pyridine rings is 2. The lowest BCUT2D eigenvalue weighted by atomic mass is 10.2. The Morgan fingerprint density at radius 1 is 1.24 bits per heavy atom. The molecular formula is C12H10FN3O. The average Bonchev–Trinajstić information content (AvgIpc) is 2.39. The molecule has 5 heteroatoms. The molecule has 86 valence electrons. The van der Waals surface area contributed by atoms with Crippen LogP contribution in [0.1, 0.15) is 16.1 Å². The summed E-state index contributed by atoms with van der Waals surface area (Å²) in [5.41, 5.74) is 1.08. The highest BCUT2D eigenvalue weighted by molar-refractivity contribution is 5.92. The number of aromatic nitrogens is 2. The van der Waals surface area contributed by atoms with Gasteiger partial charge in [-0.25, -0.2) is 4.98 Å². The lowest BCUT2D eigenvalue weighted by Crippen LogP contribution is -2.23. The molecule has 1 amide bonds. The van der Waals surface area contributed by atoms with Crippen molar-refractivity contribution in [2.24, 2.45) is 0 Å². The minimum Gasteiger partial charge on any atom is -0.347 e. The van der Waals surface area contributed by atoms with Gasteiger partial charge in [-0.1, -0.05) is 12.1 Å². The fraction of sp³-hybridized carbons (Fsp3) is 0.0833. The monoisotopic (exact) mass is 231 g/mol. The lowest BCUT2D eigenvalue weighted by molar-refractivity contribution is 0.0946. The molecule has 0 aliphatic carbocycles. The first-order chi connectivity index (χ1) is 8.25. The van der Waals surface area contributed by atoms with Crippen molar-refractivity contribution in [1.82, 2.24) is 15.3 Å². The molecule has 4 nitrogen and oxygen atoms in total. The standard InChI is InChI=1S/C12H10FN3O/c13-11-5-4-9(7-15-11)8-16-12(17)10-3-1-2-6-14-10/h1-7H,8H2,(H,16,17). The van der Waals surface area contributed by atoms with Crippen LogP contribution in [0.25, 0.3) is 0 Å². The number of carbonyl (C=O) groups excluding carboxylic acids is 1. The van der Waals surface area contributed by atoms with Gasteiger partial charge in [0.15, 0.2) is 0 Å². The van der Waals surface area contributed by atoms with Gasteiger partial charge >= 0.3 is 0 Å². The second-order valence-electron chi connectivity index (χ2n) is 3.39. The van der Waals surface area contributed by atoms with Crippen molar-refractivity contribution in [1.29, 1.82) is 0 Å². The SMILES string of the molecule is O=C(NCc1ccc(F)nc1)c1ccccn1. The molecule has 2 heterocycles. The molecule has 1 N–H and O–H groups in total. The number of carbonyl (C=O) groups is 1. The summed E-state index contributed by atoms with van der Waals surface area (Å²) in [4.78, 5) is 19.0. The van der Waals surface area contributed by atoms with Gasteiger partial charge in [-0.3, -0.25) is 9.78 Å². The van der Waals surface area contributed by atoms with Crippen LogP contribution >= 0.6 is 0 Å². The van der Waals surface area contributed by atoms with Crippen molar-refractivity contribution >= 4 is 5.91 Å². The molecule has 0 fully saturated rings. The highest BCUT2D eigenvalue weighted by Gasteiger charge is 2.05. The molecule has 0 bridgehead atoms. The Hall–Kier alpha value is -2.30. The van der Waals surface area contributed by atoms with Crippen molar-refractivity contribution in [2.45, 2.75) is 6.54 Å². The summed E-state index contributed by atoms with van der Waals surface area (Å²) < 4.78 is 12.5. The molecule has 2 aromatic rings. The van der Waals surface area contributed by atoms with Crippen LogP contribution in [0.4, 0.5) is 4.39 Å². The lowest BCUT2D eigenvalue weighted by Gasteiger charge is -2.04. The normalized spacial score (nSPS) is 9.94. The molecule has 0 atom stereocenters. The number of halogens is 1. The van der Waals surface area contributed by atoms with Gasteiger partial charge in [0.2, 0.25) is 5.95 Å². The molecular weight excluding hydrogens is 221 g/mol. The predicted molar refractivity (Wildman–Crippen MR) is 59.6 cm³/mol. The van der Waals surface area contributed by atoms with Gasteiger partial charge in [0, 0.05) is 18.9 Å². The average molecular weight is 231 g/mol. The summed E-state index contributed by atoms with van der Waals surface area (Å²) in [5.74, 6) is -0.806. The van der Waals surface area contributed by atoms with Gasteiger partial charge in [0.05, 0.1) is 0 Å². The largest absolute Gasteiger partial charge is 0.347 e. The number of rotatable bonds is 3. The second-order valence-corrected chi connectivity index (χ2v) is 3.39. The third-order valence-electron chi connectivity index (χ3n) is 2.14. The van der Waals surface area contributed by atoms with E-state index in [2.05, 4.69) is 15.3 Å². The van der Waals surface area contributed by atoms with Gasteiger partial charge in [0.25, 0.3) is 5.91 Å². The van der Waals surface area contributed by atoms with E-state index < -0.39 is 5.95 Å². The van der Waals surface area contributed by atoms with Crippen molar-refractivity contribution in [3.05, 3.63) is 59.9 Å². The molecule has 0 unspecified atom stereocenters. The first kappa shape index (κ1) is 11.2. The Kier molecular flexibility index (Phi) is 3.40. The predicted octanol–water partition coefficient (Wildman–Crippen LogP) is 1.55. The maximum atomic E-state index is 12.5. The van der Waals surface area contributed by atoms with Crippen LogP contribution < -0.4 is 5.32 Å². The van der Waals surface area contributed by atoms with E-state index >= 15 is 0 Å². The number of amides is 1. The fourth-order valence-electron chi connectivity index (χ4n) is 1.28. The van der Waals surface area contributed by atoms with Gasteiger partial charge in [-0.2, -0.15) is 4.39 Å². The third-order valence-corrected chi connectivity index (χ3v) is 2.14. The van der Waals surface area contributed by atoms with Crippen LogP contribution in [-0.4, -0.2) is 15.9 Å². The van der Waals surface area contributed by atoms with Crippen molar-refractivity contribution in [3.8, 4) is 0 Å². The van der Waals surface area contributed by atoms with Crippen molar-refractivity contribution in [3.63, 3.8) is 0 Å². The summed E-state index contributed by atoms with van der Waals surface area (Å²) >= 11 is 0. The molecule has 0 aliphatic heterocycles. The van der Waals surface area contributed by atoms with Crippen LogP contribution in [0, 0.1) is 5.95 Å².